The molecular formula is C22H23BrN2O2. The maximum atomic E-state index is 13.5. The number of hydrogen-bond donors (Lipinski definition) is 0. The first-order valence-corrected chi connectivity index (χ1v) is 10.3. The summed E-state index contributed by atoms with van der Waals surface area (Å²) in [6, 6.07) is 20.7. The van der Waals surface area contributed by atoms with Crippen LogP contribution in [0.15, 0.2) is 60.7 Å². The molecule has 5 heteroatoms. The monoisotopic (exact) mass is 426 g/mol. The van der Waals surface area contributed by atoms with Gasteiger partial charge in [0.05, 0.1) is 12.6 Å². The van der Waals surface area contributed by atoms with E-state index in [1.165, 1.54) is 5.56 Å². The van der Waals surface area contributed by atoms with Crippen LogP contribution in [0, 0.1) is 5.92 Å². The van der Waals surface area contributed by atoms with E-state index in [-0.39, 0.29) is 17.9 Å². The minimum Gasteiger partial charge on any atom is -0.353 e. The predicted molar refractivity (Wildman–Crippen MR) is 107 cm³/mol. The number of ether oxygens (including phenoxy) is 1. The van der Waals surface area contributed by atoms with Gasteiger partial charge in [-0.1, -0.05) is 76.6 Å². The summed E-state index contributed by atoms with van der Waals surface area (Å²) in [4.78, 5) is 17.9. The molecule has 3 saturated heterocycles. The number of benzene rings is 2. The van der Waals surface area contributed by atoms with Crippen molar-refractivity contribution in [2.75, 3.05) is 19.7 Å². The SMILES string of the molecule is C[C@]12OC[C@H](c3ccccc3)N1C(=O)[C@@]1(Br)CN(Cc3ccccc3)C[C@H]12. The Morgan fingerprint density at radius 2 is 1.78 bits per heavy atom. The molecule has 3 aliphatic rings. The summed E-state index contributed by atoms with van der Waals surface area (Å²) in [5, 5.41) is 0. The minimum atomic E-state index is -0.565. The van der Waals surface area contributed by atoms with Crippen molar-refractivity contribution in [2.45, 2.75) is 29.6 Å². The van der Waals surface area contributed by atoms with Crippen molar-refractivity contribution in [2.24, 2.45) is 5.92 Å². The van der Waals surface area contributed by atoms with Crippen molar-refractivity contribution >= 4 is 21.8 Å². The lowest BCUT2D eigenvalue weighted by atomic mass is 9.91. The smallest absolute Gasteiger partial charge is 0.244 e. The van der Waals surface area contributed by atoms with Gasteiger partial charge in [0, 0.05) is 25.6 Å². The lowest BCUT2D eigenvalue weighted by molar-refractivity contribution is -0.140. The highest BCUT2D eigenvalue weighted by molar-refractivity contribution is 9.10. The van der Waals surface area contributed by atoms with Crippen LogP contribution in [-0.2, 0) is 16.1 Å². The molecule has 4 nitrogen and oxygen atoms in total. The van der Waals surface area contributed by atoms with Crippen LogP contribution >= 0.6 is 15.9 Å². The first-order valence-electron chi connectivity index (χ1n) is 9.50. The third-order valence-corrected chi connectivity index (χ3v) is 7.57. The number of rotatable bonds is 3. The first-order chi connectivity index (χ1) is 13.0. The molecule has 3 heterocycles. The molecule has 0 bridgehead atoms. The molecule has 0 spiro atoms. The Bertz CT molecular complexity index is 861. The summed E-state index contributed by atoms with van der Waals surface area (Å²) < 4.78 is 5.76. The highest BCUT2D eigenvalue weighted by Crippen LogP contribution is 2.57. The van der Waals surface area contributed by atoms with E-state index in [0.29, 0.717) is 13.2 Å². The fourth-order valence-electron chi connectivity index (χ4n) is 5.11. The second-order valence-corrected chi connectivity index (χ2v) is 9.45. The van der Waals surface area contributed by atoms with E-state index >= 15 is 0 Å². The van der Waals surface area contributed by atoms with Gasteiger partial charge in [0.2, 0.25) is 5.91 Å². The van der Waals surface area contributed by atoms with Gasteiger partial charge in [-0.25, -0.2) is 0 Å². The van der Waals surface area contributed by atoms with E-state index in [1.54, 1.807) is 0 Å². The van der Waals surface area contributed by atoms with Gasteiger partial charge < -0.3 is 9.64 Å². The largest absolute Gasteiger partial charge is 0.353 e. The number of alkyl halides is 1. The maximum Gasteiger partial charge on any atom is 0.244 e. The van der Waals surface area contributed by atoms with Crippen molar-refractivity contribution in [3.05, 3.63) is 71.8 Å². The number of amides is 1. The van der Waals surface area contributed by atoms with Crippen LogP contribution in [0.3, 0.4) is 0 Å². The molecule has 0 saturated carbocycles. The zero-order valence-corrected chi connectivity index (χ0v) is 16.9. The van der Waals surface area contributed by atoms with Crippen LogP contribution in [0.2, 0.25) is 0 Å². The van der Waals surface area contributed by atoms with E-state index < -0.39 is 10.0 Å². The molecule has 3 aliphatic heterocycles. The molecule has 140 valence electrons. The Kier molecular flexibility index (Phi) is 3.97. The van der Waals surface area contributed by atoms with Crippen LogP contribution in [0.5, 0.6) is 0 Å². The topological polar surface area (TPSA) is 32.8 Å². The molecule has 4 atom stereocenters. The second kappa shape index (κ2) is 6.16. The molecule has 0 unspecified atom stereocenters. The minimum absolute atomic E-state index is 0.00806. The molecular weight excluding hydrogens is 404 g/mol. The molecule has 0 aliphatic carbocycles. The third-order valence-electron chi connectivity index (χ3n) is 6.42. The number of likely N-dealkylation sites (tertiary alicyclic amines) is 1. The highest BCUT2D eigenvalue weighted by Gasteiger charge is 2.71. The Balaban J connectivity index is 1.43. The zero-order chi connectivity index (χ0) is 18.6. The van der Waals surface area contributed by atoms with E-state index in [1.807, 2.05) is 29.2 Å². The molecule has 2 aromatic carbocycles. The third kappa shape index (κ3) is 2.52. The molecule has 1 amide bonds. The number of carbonyl (C=O) groups excluding carboxylic acids is 1. The van der Waals surface area contributed by atoms with E-state index in [0.717, 1.165) is 18.7 Å². The van der Waals surface area contributed by atoms with Crippen LogP contribution in [0.1, 0.15) is 24.1 Å². The fourth-order valence-corrected chi connectivity index (χ4v) is 6.22. The summed E-state index contributed by atoms with van der Waals surface area (Å²) in [7, 11) is 0. The Morgan fingerprint density at radius 3 is 2.48 bits per heavy atom. The average Bonchev–Trinajstić information content (AvgIpc) is 3.25. The summed E-state index contributed by atoms with van der Waals surface area (Å²) >= 11 is 3.87. The summed E-state index contributed by atoms with van der Waals surface area (Å²) in [6.07, 6.45) is 0. The van der Waals surface area contributed by atoms with Crippen molar-refractivity contribution in [1.82, 2.24) is 9.80 Å². The Labute approximate surface area is 168 Å². The molecule has 27 heavy (non-hydrogen) atoms. The van der Waals surface area contributed by atoms with Gasteiger partial charge in [-0.3, -0.25) is 9.69 Å². The Hall–Kier alpha value is -1.69. The van der Waals surface area contributed by atoms with Gasteiger partial charge >= 0.3 is 0 Å². The quantitative estimate of drug-likeness (QED) is 0.703. The molecule has 0 aromatic heterocycles. The first kappa shape index (κ1) is 17.4. The second-order valence-electron chi connectivity index (χ2n) is 8.04. The van der Waals surface area contributed by atoms with E-state index in [9.17, 15) is 4.79 Å². The lowest BCUT2D eigenvalue weighted by Gasteiger charge is -2.34. The summed E-state index contributed by atoms with van der Waals surface area (Å²) in [6.45, 7) is 5.07. The van der Waals surface area contributed by atoms with Gasteiger partial charge in [0.1, 0.15) is 10.0 Å². The number of carbonyl (C=O) groups is 1. The van der Waals surface area contributed by atoms with Crippen molar-refractivity contribution in [1.29, 1.82) is 0 Å². The van der Waals surface area contributed by atoms with Gasteiger partial charge in [-0.15, -0.1) is 0 Å². The molecule has 0 N–H and O–H groups in total. The van der Waals surface area contributed by atoms with Crippen LogP contribution in [0.4, 0.5) is 0 Å². The van der Waals surface area contributed by atoms with E-state index in [2.05, 4.69) is 64.2 Å². The molecule has 5 rings (SSSR count). The predicted octanol–water partition coefficient (Wildman–Crippen LogP) is 3.58. The normalized spacial score (nSPS) is 35.5. The van der Waals surface area contributed by atoms with E-state index in [4.69, 9.17) is 4.74 Å². The summed E-state index contributed by atoms with van der Waals surface area (Å²) in [5.41, 5.74) is 1.86. The molecule has 0 radical (unpaired) electrons. The Morgan fingerprint density at radius 1 is 1.11 bits per heavy atom. The van der Waals surface area contributed by atoms with Gasteiger partial charge in [0.15, 0.2) is 0 Å². The van der Waals surface area contributed by atoms with Crippen molar-refractivity contribution < 1.29 is 9.53 Å². The van der Waals surface area contributed by atoms with Crippen LogP contribution in [0.25, 0.3) is 0 Å². The highest BCUT2D eigenvalue weighted by atomic mass is 79.9. The number of hydrogen-bond acceptors (Lipinski definition) is 3. The lowest BCUT2D eigenvalue weighted by Crippen LogP contribution is -2.46. The zero-order valence-electron chi connectivity index (χ0n) is 15.3. The molecule has 3 fully saturated rings. The number of nitrogens with zero attached hydrogens (tertiary/aromatic N) is 2. The summed E-state index contributed by atoms with van der Waals surface area (Å²) in [5.74, 6) is 0.270. The van der Waals surface area contributed by atoms with Gasteiger partial charge in [-0.2, -0.15) is 0 Å². The van der Waals surface area contributed by atoms with Gasteiger partial charge in [0.25, 0.3) is 0 Å². The standard InChI is InChI=1S/C22H23BrN2O2/c1-21-19-13-24(12-16-8-4-2-5-9-16)15-22(19,23)20(26)25(21)18(14-27-21)17-10-6-3-7-11-17/h2-11,18-19H,12-15H2,1H3/t18-,19+,21-,22-/m1/s1. The van der Waals surface area contributed by atoms with Crippen molar-refractivity contribution in [3.8, 4) is 0 Å². The fraction of sp³-hybridized carbons (Fsp3) is 0.409. The maximum absolute atomic E-state index is 13.5. The number of fused-ring (bicyclic) bond motifs is 3. The van der Waals surface area contributed by atoms with Crippen molar-refractivity contribution in [3.63, 3.8) is 0 Å². The number of halogens is 1. The van der Waals surface area contributed by atoms with Crippen LogP contribution < -0.4 is 0 Å². The average molecular weight is 427 g/mol. The van der Waals surface area contributed by atoms with Gasteiger partial charge in [-0.05, 0) is 18.1 Å². The van der Waals surface area contributed by atoms with Crippen LogP contribution in [-0.4, -0.2) is 45.5 Å². The molecule has 2 aromatic rings.